The van der Waals surface area contributed by atoms with Crippen molar-refractivity contribution >= 4 is 49.8 Å². The molecule has 1 N–H and O–H groups in total. The van der Waals surface area contributed by atoms with Gasteiger partial charge >= 0.3 is 5.91 Å². The molecule has 30 heavy (non-hydrogen) atoms. The lowest BCUT2D eigenvalue weighted by molar-refractivity contribution is -0.132. The summed E-state index contributed by atoms with van der Waals surface area (Å²) in [6.07, 6.45) is 0. The molecular formula is C21H16BrN3O4S. The number of hydrogen-bond donors (Lipinski definition) is 1. The van der Waals surface area contributed by atoms with Crippen molar-refractivity contribution in [1.29, 1.82) is 0 Å². The summed E-state index contributed by atoms with van der Waals surface area (Å²) in [7, 11) is 1.54. The lowest BCUT2D eigenvalue weighted by Crippen LogP contribution is -2.29. The second-order valence-electron chi connectivity index (χ2n) is 6.55. The van der Waals surface area contributed by atoms with Crippen LogP contribution in [0, 0.1) is 6.92 Å². The van der Waals surface area contributed by atoms with E-state index in [9.17, 15) is 14.7 Å². The predicted octanol–water partition coefficient (Wildman–Crippen LogP) is 4.24. The highest BCUT2D eigenvalue weighted by Crippen LogP contribution is 2.43. The van der Waals surface area contributed by atoms with Crippen molar-refractivity contribution in [2.45, 2.75) is 13.0 Å². The molecule has 3 aromatic rings. The third-order valence-corrected chi connectivity index (χ3v) is 6.08. The van der Waals surface area contributed by atoms with Gasteiger partial charge < -0.3 is 9.84 Å². The van der Waals surface area contributed by atoms with E-state index in [2.05, 4.69) is 26.1 Å². The second-order valence-corrected chi connectivity index (χ2v) is 8.63. The first-order valence-corrected chi connectivity index (χ1v) is 10.5. The number of Topliss-reactive ketones (excluding diaryl/α,β-unsaturated/α-hetero) is 1. The molecule has 9 heteroatoms. The minimum Gasteiger partial charge on any atom is -0.507 e. The minimum atomic E-state index is -0.826. The van der Waals surface area contributed by atoms with E-state index in [1.165, 1.54) is 23.3 Å². The molecule has 1 fully saturated rings. The summed E-state index contributed by atoms with van der Waals surface area (Å²) in [6, 6.07) is 13.0. The number of hydrogen-bond acceptors (Lipinski definition) is 7. The minimum absolute atomic E-state index is 0.000317. The number of rotatable bonds is 4. The summed E-state index contributed by atoms with van der Waals surface area (Å²) in [5, 5.41) is 20.0. The molecule has 0 spiro atoms. The maximum Gasteiger partial charge on any atom is 0.301 e. The van der Waals surface area contributed by atoms with Crippen LogP contribution in [0.2, 0.25) is 0 Å². The van der Waals surface area contributed by atoms with E-state index < -0.39 is 17.7 Å². The van der Waals surface area contributed by atoms with Gasteiger partial charge in [0.25, 0.3) is 5.78 Å². The van der Waals surface area contributed by atoms with Crippen molar-refractivity contribution < 1.29 is 19.4 Å². The Kier molecular flexibility index (Phi) is 5.40. The second kappa shape index (κ2) is 8.00. The molecule has 0 aliphatic carbocycles. The molecule has 152 valence electrons. The lowest BCUT2D eigenvalue weighted by atomic mass is 9.95. The third kappa shape index (κ3) is 3.50. The van der Waals surface area contributed by atoms with Gasteiger partial charge in [-0.3, -0.25) is 14.5 Å². The standard InChI is InChI=1S/C21H16BrN3O4S/c1-11-23-24-21(30-11)25-17(12-3-7-14(22)8-4-12)16(19(27)20(25)28)18(26)13-5-9-15(29-2)10-6-13/h3-10,17,26H,1-2H3. The molecule has 0 bridgehead atoms. The first-order valence-electron chi connectivity index (χ1n) is 8.91. The summed E-state index contributed by atoms with van der Waals surface area (Å²) < 4.78 is 6.00. The number of methoxy groups -OCH3 is 1. The number of ether oxygens (including phenoxy) is 1. The van der Waals surface area contributed by atoms with Crippen molar-refractivity contribution in [3.63, 3.8) is 0 Å². The highest BCUT2D eigenvalue weighted by atomic mass is 79.9. The number of carbonyl (C=O) groups is 2. The quantitative estimate of drug-likeness (QED) is 0.337. The van der Waals surface area contributed by atoms with Crippen molar-refractivity contribution in [2.75, 3.05) is 12.0 Å². The van der Waals surface area contributed by atoms with Gasteiger partial charge in [0.15, 0.2) is 0 Å². The molecule has 1 aliphatic rings. The topological polar surface area (TPSA) is 92.6 Å². The number of carbonyl (C=O) groups excluding carboxylic acids is 2. The van der Waals surface area contributed by atoms with Gasteiger partial charge in [-0.2, -0.15) is 0 Å². The SMILES string of the molecule is COc1ccc(C(O)=C2C(=O)C(=O)N(c3nnc(C)s3)C2c2ccc(Br)cc2)cc1. The maximum absolute atomic E-state index is 13.0. The van der Waals surface area contributed by atoms with Gasteiger partial charge in [0.2, 0.25) is 5.13 Å². The zero-order valence-corrected chi connectivity index (χ0v) is 18.4. The van der Waals surface area contributed by atoms with Gasteiger partial charge in [0.1, 0.15) is 16.5 Å². The lowest BCUT2D eigenvalue weighted by Gasteiger charge is -2.22. The number of anilines is 1. The number of aromatic nitrogens is 2. The summed E-state index contributed by atoms with van der Waals surface area (Å²) >= 11 is 4.60. The van der Waals surface area contributed by atoms with Crippen molar-refractivity contribution in [1.82, 2.24) is 10.2 Å². The molecule has 2 heterocycles. The molecule has 0 saturated carbocycles. The highest BCUT2D eigenvalue weighted by molar-refractivity contribution is 9.10. The van der Waals surface area contributed by atoms with E-state index in [0.717, 1.165) is 4.47 Å². The zero-order valence-electron chi connectivity index (χ0n) is 16.0. The molecule has 1 aliphatic heterocycles. The predicted molar refractivity (Wildman–Crippen MR) is 117 cm³/mol. The number of aryl methyl sites for hydroxylation is 1. The normalized spacial score (nSPS) is 18.1. The van der Waals surface area contributed by atoms with Crippen LogP contribution < -0.4 is 9.64 Å². The Balaban J connectivity index is 1.91. The monoisotopic (exact) mass is 485 g/mol. The molecule has 1 saturated heterocycles. The van der Waals surface area contributed by atoms with Gasteiger partial charge in [-0.05, 0) is 48.9 Å². The Morgan fingerprint density at radius 1 is 1.10 bits per heavy atom. The molecular weight excluding hydrogens is 470 g/mol. The van der Waals surface area contributed by atoms with Gasteiger partial charge in [0.05, 0.1) is 18.7 Å². The van der Waals surface area contributed by atoms with Gasteiger partial charge in [-0.15, -0.1) is 10.2 Å². The summed E-state index contributed by atoms with van der Waals surface area (Å²) in [6.45, 7) is 1.77. The zero-order chi connectivity index (χ0) is 21.4. The Hall–Kier alpha value is -3.04. The summed E-state index contributed by atoms with van der Waals surface area (Å²) in [4.78, 5) is 27.2. The van der Waals surface area contributed by atoms with Crippen LogP contribution in [-0.2, 0) is 9.59 Å². The molecule has 1 amide bonds. The van der Waals surface area contributed by atoms with Gasteiger partial charge in [-0.1, -0.05) is 39.4 Å². The fraction of sp³-hybridized carbons (Fsp3) is 0.143. The fourth-order valence-electron chi connectivity index (χ4n) is 3.28. The molecule has 0 radical (unpaired) electrons. The van der Waals surface area contributed by atoms with Crippen molar-refractivity contribution in [2.24, 2.45) is 0 Å². The number of aliphatic hydroxyl groups is 1. The maximum atomic E-state index is 13.0. The number of benzene rings is 2. The smallest absolute Gasteiger partial charge is 0.301 e. The Bertz CT molecular complexity index is 1160. The number of nitrogens with zero attached hydrogens (tertiary/aromatic N) is 3. The van der Waals surface area contributed by atoms with Crippen molar-refractivity contribution in [3.8, 4) is 5.75 Å². The summed E-state index contributed by atoms with van der Waals surface area (Å²) in [5.74, 6) is -1.17. The first-order chi connectivity index (χ1) is 14.4. The Labute approximate surface area is 184 Å². The number of amides is 1. The first kappa shape index (κ1) is 20.2. The number of aliphatic hydroxyl groups excluding tert-OH is 1. The largest absolute Gasteiger partial charge is 0.507 e. The molecule has 1 atom stereocenters. The average Bonchev–Trinajstić information content (AvgIpc) is 3.29. The van der Waals surface area contributed by atoms with E-state index >= 15 is 0 Å². The van der Waals surface area contributed by atoms with E-state index in [0.29, 0.717) is 27.0 Å². The van der Waals surface area contributed by atoms with E-state index in [1.807, 2.05) is 12.1 Å². The third-order valence-electron chi connectivity index (χ3n) is 4.72. The fourth-order valence-corrected chi connectivity index (χ4v) is 4.26. The summed E-state index contributed by atoms with van der Waals surface area (Å²) in [5.41, 5.74) is 1.07. The highest BCUT2D eigenvalue weighted by Gasteiger charge is 2.48. The van der Waals surface area contributed by atoms with Crippen LogP contribution in [0.1, 0.15) is 22.2 Å². The van der Waals surface area contributed by atoms with Gasteiger partial charge in [0, 0.05) is 10.0 Å². The van der Waals surface area contributed by atoms with Crippen LogP contribution in [0.25, 0.3) is 5.76 Å². The van der Waals surface area contributed by atoms with Crippen molar-refractivity contribution in [3.05, 3.63) is 74.7 Å². The average molecular weight is 486 g/mol. The Morgan fingerprint density at radius 3 is 2.33 bits per heavy atom. The Morgan fingerprint density at radius 2 is 1.77 bits per heavy atom. The number of halogens is 1. The van der Waals surface area contributed by atoms with E-state index in [-0.39, 0.29) is 11.3 Å². The molecule has 4 rings (SSSR count). The molecule has 7 nitrogen and oxygen atoms in total. The number of ketones is 1. The molecule has 2 aromatic carbocycles. The molecule has 1 unspecified atom stereocenters. The van der Waals surface area contributed by atoms with Crippen LogP contribution in [0.5, 0.6) is 5.75 Å². The van der Waals surface area contributed by atoms with Crippen LogP contribution in [-0.4, -0.2) is 34.1 Å². The van der Waals surface area contributed by atoms with E-state index in [4.69, 9.17) is 4.74 Å². The van der Waals surface area contributed by atoms with Crippen LogP contribution in [0.4, 0.5) is 5.13 Å². The molecule has 1 aromatic heterocycles. The van der Waals surface area contributed by atoms with Gasteiger partial charge in [-0.25, -0.2) is 0 Å². The van der Waals surface area contributed by atoms with Crippen LogP contribution in [0.15, 0.2) is 58.6 Å². The van der Waals surface area contributed by atoms with Crippen LogP contribution >= 0.6 is 27.3 Å². The van der Waals surface area contributed by atoms with Crippen LogP contribution in [0.3, 0.4) is 0 Å². The van der Waals surface area contributed by atoms with E-state index in [1.54, 1.807) is 43.3 Å².